The van der Waals surface area contributed by atoms with E-state index in [0.717, 1.165) is 23.1 Å². The van der Waals surface area contributed by atoms with Crippen LogP contribution in [0.1, 0.15) is 48.0 Å². The number of aldehydes is 1. The molecule has 0 unspecified atom stereocenters. The molecule has 17 heavy (non-hydrogen) atoms. The van der Waals surface area contributed by atoms with Crippen LogP contribution < -0.4 is 4.90 Å². The summed E-state index contributed by atoms with van der Waals surface area (Å²) in [4.78, 5) is 13.4. The first-order chi connectivity index (χ1) is 8.22. The second-order valence-electron chi connectivity index (χ2n) is 5.08. The lowest BCUT2D eigenvalue weighted by molar-refractivity contribution is 0.112. The van der Waals surface area contributed by atoms with Gasteiger partial charge in [-0.1, -0.05) is 30.9 Å². The molecule has 0 bridgehead atoms. The van der Waals surface area contributed by atoms with Crippen LogP contribution in [0.5, 0.6) is 0 Å². The van der Waals surface area contributed by atoms with Gasteiger partial charge in [-0.25, -0.2) is 0 Å². The predicted molar refractivity (Wildman–Crippen MR) is 71.8 cm³/mol. The second-order valence-corrected chi connectivity index (χ2v) is 5.08. The van der Waals surface area contributed by atoms with Crippen molar-refractivity contribution < 1.29 is 4.79 Å². The van der Waals surface area contributed by atoms with Crippen molar-refractivity contribution in [1.82, 2.24) is 0 Å². The molecule has 0 atom stereocenters. The van der Waals surface area contributed by atoms with Gasteiger partial charge in [0.05, 0.1) is 0 Å². The number of carbonyl (C=O) groups is 1. The zero-order valence-corrected chi connectivity index (χ0v) is 10.8. The van der Waals surface area contributed by atoms with Crippen molar-refractivity contribution in [2.24, 2.45) is 0 Å². The first-order valence-corrected chi connectivity index (χ1v) is 6.51. The molecule has 1 aliphatic rings. The fourth-order valence-corrected chi connectivity index (χ4v) is 2.75. The maximum absolute atomic E-state index is 11.1. The summed E-state index contributed by atoms with van der Waals surface area (Å²) >= 11 is 0. The monoisotopic (exact) mass is 231 g/mol. The molecule has 0 aliphatic heterocycles. The zero-order chi connectivity index (χ0) is 12.3. The van der Waals surface area contributed by atoms with Crippen molar-refractivity contribution in [3.05, 3.63) is 29.3 Å². The van der Waals surface area contributed by atoms with Gasteiger partial charge in [-0.15, -0.1) is 0 Å². The molecule has 2 heteroatoms. The van der Waals surface area contributed by atoms with E-state index in [2.05, 4.69) is 24.1 Å². The molecule has 0 saturated heterocycles. The summed E-state index contributed by atoms with van der Waals surface area (Å²) in [5.74, 6) is 0. The lowest BCUT2D eigenvalue weighted by Crippen LogP contribution is -2.33. The first kappa shape index (κ1) is 12.2. The Kier molecular flexibility index (Phi) is 3.82. The summed E-state index contributed by atoms with van der Waals surface area (Å²) in [7, 11) is 2.12. The number of anilines is 1. The number of rotatable bonds is 3. The summed E-state index contributed by atoms with van der Waals surface area (Å²) in [6, 6.07) is 6.74. The van der Waals surface area contributed by atoms with E-state index in [1.54, 1.807) is 0 Å². The number of benzene rings is 1. The molecular formula is C15H21NO. The van der Waals surface area contributed by atoms with Gasteiger partial charge in [0, 0.05) is 24.3 Å². The highest BCUT2D eigenvalue weighted by Crippen LogP contribution is 2.28. The van der Waals surface area contributed by atoms with E-state index in [4.69, 9.17) is 0 Å². The Bertz CT molecular complexity index is 394. The maximum atomic E-state index is 11.1. The molecule has 2 rings (SSSR count). The van der Waals surface area contributed by atoms with E-state index < -0.39 is 0 Å². The number of carbonyl (C=O) groups excluding carboxylic acids is 1. The number of hydrogen-bond acceptors (Lipinski definition) is 2. The Morgan fingerprint density at radius 1 is 1.24 bits per heavy atom. The summed E-state index contributed by atoms with van der Waals surface area (Å²) in [5, 5.41) is 0. The van der Waals surface area contributed by atoms with Gasteiger partial charge in [0.25, 0.3) is 0 Å². The van der Waals surface area contributed by atoms with Crippen LogP contribution >= 0.6 is 0 Å². The van der Waals surface area contributed by atoms with E-state index in [9.17, 15) is 4.79 Å². The third-order valence-electron chi connectivity index (χ3n) is 3.81. The van der Waals surface area contributed by atoms with Gasteiger partial charge < -0.3 is 4.90 Å². The molecule has 92 valence electrons. The van der Waals surface area contributed by atoms with Gasteiger partial charge >= 0.3 is 0 Å². The smallest absolute Gasteiger partial charge is 0.152 e. The van der Waals surface area contributed by atoms with E-state index in [-0.39, 0.29) is 0 Å². The Morgan fingerprint density at radius 3 is 2.59 bits per heavy atom. The fourth-order valence-electron chi connectivity index (χ4n) is 2.75. The topological polar surface area (TPSA) is 20.3 Å². The van der Waals surface area contributed by atoms with Gasteiger partial charge in [0.1, 0.15) is 0 Å². The molecule has 1 fully saturated rings. The molecule has 0 N–H and O–H groups in total. The number of aryl methyl sites for hydroxylation is 1. The molecule has 1 aromatic rings. The van der Waals surface area contributed by atoms with Crippen LogP contribution in [0.2, 0.25) is 0 Å². The first-order valence-electron chi connectivity index (χ1n) is 6.51. The van der Waals surface area contributed by atoms with E-state index in [1.807, 2.05) is 13.0 Å². The maximum Gasteiger partial charge on any atom is 0.152 e. The standard InChI is InChI=1S/C15H21NO/c1-12-8-9-15(13(10-12)11-17)16(2)14-6-4-3-5-7-14/h8-11,14H,3-7H2,1-2H3. The third kappa shape index (κ3) is 2.68. The molecule has 0 spiro atoms. The van der Waals surface area contributed by atoms with Crippen LogP contribution in [0.15, 0.2) is 18.2 Å². The summed E-state index contributed by atoms with van der Waals surface area (Å²) < 4.78 is 0. The summed E-state index contributed by atoms with van der Waals surface area (Å²) in [5.41, 5.74) is 3.04. The van der Waals surface area contributed by atoms with Crippen molar-refractivity contribution in [1.29, 1.82) is 0 Å². The highest BCUT2D eigenvalue weighted by molar-refractivity contribution is 5.85. The van der Waals surface area contributed by atoms with Gasteiger partial charge in [-0.05, 0) is 31.9 Å². The molecule has 0 radical (unpaired) electrons. The average Bonchev–Trinajstić information content (AvgIpc) is 2.39. The molecule has 1 saturated carbocycles. The van der Waals surface area contributed by atoms with Crippen molar-refractivity contribution in [3.63, 3.8) is 0 Å². The van der Waals surface area contributed by atoms with Gasteiger partial charge in [0.15, 0.2) is 6.29 Å². The summed E-state index contributed by atoms with van der Waals surface area (Å²) in [6.07, 6.45) is 7.47. The molecular weight excluding hydrogens is 210 g/mol. The van der Waals surface area contributed by atoms with Crippen LogP contribution in [0.4, 0.5) is 5.69 Å². The second kappa shape index (κ2) is 5.35. The van der Waals surface area contributed by atoms with Crippen LogP contribution in [0.25, 0.3) is 0 Å². The van der Waals surface area contributed by atoms with Crippen molar-refractivity contribution in [2.45, 2.75) is 45.1 Å². The van der Waals surface area contributed by atoms with Gasteiger partial charge in [0.2, 0.25) is 0 Å². The molecule has 2 nitrogen and oxygen atoms in total. The Hall–Kier alpha value is -1.31. The average molecular weight is 231 g/mol. The Morgan fingerprint density at radius 2 is 1.94 bits per heavy atom. The molecule has 0 heterocycles. The predicted octanol–water partition coefficient (Wildman–Crippen LogP) is 3.58. The van der Waals surface area contributed by atoms with Crippen molar-refractivity contribution >= 4 is 12.0 Å². The Balaban J connectivity index is 2.22. The largest absolute Gasteiger partial charge is 0.371 e. The van der Waals surface area contributed by atoms with Crippen molar-refractivity contribution in [3.8, 4) is 0 Å². The lowest BCUT2D eigenvalue weighted by atomic mass is 9.93. The third-order valence-corrected chi connectivity index (χ3v) is 3.81. The van der Waals surface area contributed by atoms with Crippen LogP contribution in [0, 0.1) is 6.92 Å². The molecule has 1 aliphatic carbocycles. The van der Waals surface area contributed by atoms with E-state index in [0.29, 0.717) is 6.04 Å². The zero-order valence-electron chi connectivity index (χ0n) is 10.8. The van der Waals surface area contributed by atoms with Crippen LogP contribution in [-0.4, -0.2) is 19.4 Å². The Labute approximate surface area is 104 Å². The number of nitrogens with zero attached hydrogens (tertiary/aromatic N) is 1. The van der Waals surface area contributed by atoms with E-state index >= 15 is 0 Å². The highest BCUT2D eigenvalue weighted by atomic mass is 16.1. The summed E-state index contributed by atoms with van der Waals surface area (Å²) in [6.45, 7) is 2.03. The number of hydrogen-bond donors (Lipinski definition) is 0. The fraction of sp³-hybridized carbons (Fsp3) is 0.533. The molecule has 1 aromatic carbocycles. The quantitative estimate of drug-likeness (QED) is 0.741. The molecule has 0 amide bonds. The van der Waals surface area contributed by atoms with Crippen LogP contribution in [0.3, 0.4) is 0 Å². The SMILES string of the molecule is Cc1ccc(N(C)C2CCCCC2)c(C=O)c1. The normalized spacial score (nSPS) is 16.8. The lowest BCUT2D eigenvalue weighted by Gasteiger charge is -2.33. The minimum absolute atomic E-state index is 0.602. The minimum Gasteiger partial charge on any atom is -0.371 e. The minimum atomic E-state index is 0.602. The highest BCUT2D eigenvalue weighted by Gasteiger charge is 2.19. The van der Waals surface area contributed by atoms with Gasteiger partial charge in [-0.3, -0.25) is 4.79 Å². The van der Waals surface area contributed by atoms with Crippen LogP contribution in [-0.2, 0) is 0 Å². The van der Waals surface area contributed by atoms with Gasteiger partial charge in [-0.2, -0.15) is 0 Å². The van der Waals surface area contributed by atoms with E-state index in [1.165, 1.54) is 32.1 Å². The molecule has 0 aromatic heterocycles. The van der Waals surface area contributed by atoms with Crippen molar-refractivity contribution in [2.75, 3.05) is 11.9 Å².